The smallest absolute Gasteiger partial charge is 0.337 e. The van der Waals surface area contributed by atoms with Crippen LogP contribution < -0.4 is 10.2 Å². The van der Waals surface area contributed by atoms with Crippen molar-refractivity contribution in [2.24, 2.45) is 5.41 Å². The zero-order chi connectivity index (χ0) is 13.8. The molecule has 0 aliphatic carbocycles. The number of nitrogens with zero attached hydrogens (tertiary/aromatic N) is 1. The number of hydrogen-bond donors (Lipinski definition) is 1. The van der Waals surface area contributed by atoms with E-state index in [-0.39, 0.29) is 5.56 Å². The summed E-state index contributed by atoms with van der Waals surface area (Å²) in [5.74, 6) is -0.629. The summed E-state index contributed by atoms with van der Waals surface area (Å²) in [6.07, 6.45) is 2.82. The highest BCUT2D eigenvalue weighted by Gasteiger charge is 2.24. The first-order valence-electron chi connectivity index (χ1n) is 5.35. The fourth-order valence-corrected chi connectivity index (χ4v) is 0.959. The number of ether oxygens (including phenoxy) is 1. The molecule has 6 heteroatoms. The summed E-state index contributed by atoms with van der Waals surface area (Å²) in [7, 11) is 1.47. The lowest BCUT2D eigenvalue weighted by molar-refractivity contribution is -0.158. The van der Waals surface area contributed by atoms with E-state index < -0.39 is 17.3 Å². The number of nitrogens with one attached hydrogen (secondary N) is 1. The Labute approximate surface area is 105 Å². The van der Waals surface area contributed by atoms with Crippen molar-refractivity contribution in [1.82, 2.24) is 10.5 Å². The van der Waals surface area contributed by atoms with Gasteiger partial charge < -0.3 is 9.57 Å². The fourth-order valence-electron chi connectivity index (χ4n) is 0.959. The predicted octanol–water partition coefficient (Wildman–Crippen LogP) is 1.32. The van der Waals surface area contributed by atoms with Gasteiger partial charge in [0.2, 0.25) is 0 Å². The van der Waals surface area contributed by atoms with E-state index in [9.17, 15) is 9.59 Å². The Kier molecular flexibility index (Phi) is 4.25. The molecule has 98 valence electrons. The Morgan fingerprint density at radius 3 is 2.50 bits per heavy atom. The van der Waals surface area contributed by atoms with Crippen molar-refractivity contribution in [3.8, 4) is 5.75 Å². The third-order valence-corrected chi connectivity index (χ3v) is 2.06. The van der Waals surface area contributed by atoms with Gasteiger partial charge in [0.1, 0.15) is 5.75 Å². The van der Waals surface area contributed by atoms with E-state index in [1.807, 2.05) is 0 Å². The van der Waals surface area contributed by atoms with Crippen LogP contribution in [0.3, 0.4) is 0 Å². The quantitative estimate of drug-likeness (QED) is 0.803. The second-order valence-corrected chi connectivity index (χ2v) is 4.68. The third-order valence-electron chi connectivity index (χ3n) is 2.06. The second-order valence-electron chi connectivity index (χ2n) is 4.68. The summed E-state index contributed by atoms with van der Waals surface area (Å²) in [6.45, 7) is 5.07. The molecule has 0 aromatic carbocycles. The molecule has 1 rings (SSSR count). The van der Waals surface area contributed by atoms with Crippen LogP contribution in [0.2, 0.25) is 0 Å². The molecule has 1 N–H and O–H groups in total. The molecule has 0 saturated heterocycles. The molecule has 0 aliphatic rings. The maximum Gasteiger partial charge on any atom is 0.337 e. The molecule has 0 radical (unpaired) electrons. The van der Waals surface area contributed by atoms with E-state index in [1.165, 1.54) is 25.6 Å². The monoisotopic (exact) mass is 252 g/mol. The lowest BCUT2D eigenvalue weighted by Gasteiger charge is -2.15. The molecular weight excluding hydrogens is 236 g/mol. The molecule has 0 spiro atoms. The van der Waals surface area contributed by atoms with Crippen LogP contribution in [-0.4, -0.2) is 24.0 Å². The van der Waals surface area contributed by atoms with Gasteiger partial charge in [-0.2, -0.15) is 5.48 Å². The Balaban J connectivity index is 2.63. The van der Waals surface area contributed by atoms with Crippen LogP contribution in [0.15, 0.2) is 18.5 Å². The van der Waals surface area contributed by atoms with Crippen molar-refractivity contribution in [2.75, 3.05) is 7.11 Å². The topological polar surface area (TPSA) is 77.5 Å². The van der Waals surface area contributed by atoms with Gasteiger partial charge in [-0.05, 0) is 26.8 Å². The number of hydroxylamine groups is 1. The first-order chi connectivity index (χ1) is 8.34. The van der Waals surface area contributed by atoms with Gasteiger partial charge in [0.25, 0.3) is 5.91 Å². The van der Waals surface area contributed by atoms with Gasteiger partial charge >= 0.3 is 5.97 Å². The van der Waals surface area contributed by atoms with Gasteiger partial charge in [0.15, 0.2) is 0 Å². The number of methoxy groups -OCH3 is 1. The second kappa shape index (κ2) is 5.48. The number of amides is 1. The van der Waals surface area contributed by atoms with Crippen molar-refractivity contribution in [3.05, 3.63) is 24.0 Å². The first kappa shape index (κ1) is 14.0. The standard InChI is InChI=1S/C12H16N2O4/c1-12(2,3)11(16)18-14-10(15)8-5-9(17-4)7-13-6-8/h5-7H,1-4H3,(H,14,15). The molecule has 1 amide bonds. The molecule has 1 aromatic heterocycles. The zero-order valence-corrected chi connectivity index (χ0v) is 10.8. The van der Waals surface area contributed by atoms with E-state index in [0.29, 0.717) is 5.75 Å². The molecule has 0 atom stereocenters. The summed E-state index contributed by atoms with van der Waals surface area (Å²) in [5, 5.41) is 0. The average molecular weight is 252 g/mol. The molecule has 0 unspecified atom stereocenters. The van der Waals surface area contributed by atoms with Crippen molar-refractivity contribution < 1.29 is 19.2 Å². The Hall–Kier alpha value is -2.11. The van der Waals surface area contributed by atoms with E-state index >= 15 is 0 Å². The van der Waals surface area contributed by atoms with Crippen molar-refractivity contribution in [3.63, 3.8) is 0 Å². The van der Waals surface area contributed by atoms with E-state index in [4.69, 9.17) is 4.74 Å². The van der Waals surface area contributed by atoms with Crippen LogP contribution in [0.5, 0.6) is 5.75 Å². The average Bonchev–Trinajstić information content (AvgIpc) is 2.34. The van der Waals surface area contributed by atoms with Gasteiger partial charge in [0, 0.05) is 6.20 Å². The van der Waals surface area contributed by atoms with Gasteiger partial charge in [-0.15, -0.1) is 0 Å². The van der Waals surface area contributed by atoms with E-state index in [2.05, 4.69) is 15.3 Å². The highest BCUT2D eigenvalue weighted by atomic mass is 16.7. The van der Waals surface area contributed by atoms with Crippen LogP contribution in [0, 0.1) is 5.41 Å². The largest absolute Gasteiger partial charge is 0.495 e. The number of carbonyl (C=O) groups excluding carboxylic acids is 2. The van der Waals surface area contributed by atoms with Crippen molar-refractivity contribution >= 4 is 11.9 Å². The number of pyridine rings is 1. The summed E-state index contributed by atoms with van der Waals surface area (Å²) >= 11 is 0. The molecule has 0 saturated carbocycles. The molecular formula is C12H16N2O4. The maximum absolute atomic E-state index is 11.7. The molecule has 18 heavy (non-hydrogen) atoms. The minimum absolute atomic E-state index is 0.246. The normalized spacial score (nSPS) is 10.7. The number of carbonyl (C=O) groups is 2. The van der Waals surface area contributed by atoms with Crippen LogP contribution in [0.25, 0.3) is 0 Å². The van der Waals surface area contributed by atoms with Gasteiger partial charge in [-0.1, -0.05) is 0 Å². The Bertz CT molecular complexity index is 452. The van der Waals surface area contributed by atoms with Crippen LogP contribution in [0.4, 0.5) is 0 Å². The summed E-state index contributed by atoms with van der Waals surface area (Å²) in [5.41, 5.74) is 1.64. The fraction of sp³-hybridized carbons (Fsp3) is 0.417. The van der Waals surface area contributed by atoms with E-state index in [0.717, 1.165) is 0 Å². The summed E-state index contributed by atoms with van der Waals surface area (Å²) in [4.78, 5) is 31.6. The van der Waals surface area contributed by atoms with Crippen LogP contribution >= 0.6 is 0 Å². The lowest BCUT2D eigenvalue weighted by atomic mass is 9.98. The minimum atomic E-state index is -0.681. The van der Waals surface area contributed by atoms with Gasteiger partial charge in [0.05, 0.1) is 24.3 Å². The highest BCUT2D eigenvalue weighted by Crippen LogP contribution is 2.14. The molecule has 0 aliphatic heterocycles. The zero-order valence-electron chi connectivity index (χ0n) is 10.8. The molecule has 0 fully saturated rings. The van der Waals surface area contributed by atoms with Crippen molar-refractivity contribution in [1.29, 1.82) is 0 Å². The third kappa shape index (κ3) is 3.73. The molecule has 1 aromatic rings. The van der Waals surface area contributed by atoms with Gasteiger partial charge in [-0.25, -0.2) is 4.79 Å². The summed E-state index contributed by atoms with van der Waals surface area (Å²) < 4.78 is 4.93. The lowest BCUT2D eigenvalue weighted by Crippen LogP contribution is -2.33. The number of rotatable bonds is 2. The van der Waals surface area contributed by atoms with Crippen LogP contribution in [0.1, 0.15) is 31.1 Å². The minimum Gasteiger partial charge on any atom is -0.495 e. The Morgan fingerprint density at radius 1 is 1.28 bits per heavy atom. The summed E-state index contributed by atoms with van der Waals surface area (Å²) in [6, 6.07) is 1.49. The number of hydrogen-bond acceptors (Lipinski definition) is 5. The van der Waals surface area contributed by atoms with E-state index in [1.54, 1.807) is 20.8 Å². The highest BCUT2D eigenvalue weighted by molar-refractivity contribution is 5.94. The predicted molar refractivity (Wildman–Crippen MR) is 63.8 cm³/mol. The molecule has 6 nitrogen and oxygen atoms in total. The maximum atomic E-state index is 11.7. The number of aromatic nitrogens is 1. The SMILES string of the molecule is COc1cncc(C(=O)NOC(=O)C(C)(C)C)c1. The first-order valence-corrected chi connectivity index (χ1v) is 5.35. The van der Waals surface area contributed by atoms with Crippen molar-refractivity contribution in [2.45, 2.75) is 20.8 Å². The molecule has 1 heterocycles. The van der Waals surface area contributed by atoms with Gasteiger partial charge in [-0.3, -0.25) is 9.78 Å². The van der Waals surface area contributed by atoms with Crippen LogP contribution in [-0.2, 0) is 9.63 Å². The molecule has 0 bridgehead atoms. The Morgan fingerprint density at radius 2 is 1.94 bits per heavy atom.